The number of ether oxygens (including phenoxy) is 1. The van der Waals surface area contributed by atoms with Gasteiger partial charge >= 0.3 is 5.97 Å². The Balaban J connectivity index is 2.10. The van der Waals surface area contributed by atoms with Gasteiger partial charge in [0.2, 0.25) is 0 Å². The first-order valence-corrected chi connectivity index (χ1v) is 7.49. The Morgan fingerprint density at radius 1 is 1.21 bits per heavy atom. The summed E-state index contributed by atoms with van der Waals surface area (Å²) in [6.07, 6.45) is 8.68. The third kappa shape index (κ3) is 3.29. The Kier molecular flexibility index (Phi) is 4.49. The van der Waals surface area contributed by atoms with Crippen LogP contribution in [0.15, 0.2) is 24.3 Å². The molecule has 0 spiro atoms. The molecule has 0 radical (unpaired) electrons. The summed E-state index contributed by atoms with van der Waals surface area (Å²) in [6.45, 7) is 9.97. The Hall–Kier alpha value is -1.05. The third-order valence-corrected chi connectivity index (χ3v) is 4.96. The fourth-order valence-corrected chi connectivity index (χ4v) is 4.15. The highest BCUT2D eigenvalue weighted by Gasteiger charge is 2.41. The summed E-state index contributed by atoms with van der Waals surface area (Å²) >= 11 is 0. The second-order valence-corrected chi connectivity index (χ2v) is 6.45. The van der Waals surface area contributed by atoms with Gasteiger partial charge in [0.25, 0.3) is 0 Å². The van der Waals surface area contributed by atoms with Crippen LogP contribution < -0.4 is 0 Å². The summed E-state index contributed by atoms with van der Waals surface area (Å²) in [5.74, 6) is 2.64. The Bertz CT molecular complexity index is 361. The number of allylic oxidation sites excluding steroid dienone is 3. The molecule has 2 heteroatoms. The second kappa shape index (κ2) is 5.94. The number of hydrogen-bond acceptors (Lipinski definition) is 2. The van der Waals surface area contributed by atoms with Crippen LogP contribution in [0.2, 0.25) is 0 Å². The monoisotopic (exact) mass is 262 g/mol. The van der Waals surface area contributed by atoms with Crippen LogP contribution in [0.3, 0.4) is 0 Å². The number of rotatable bonds is 2. The molecule has 0 aliphatic heterocycles. The molecule has 2 saturated carbocycles. The molecule has 0 bridgehead atoms. The lowest BCUT2D eigenvalue weighted by Gasteiger charge is -2.25. The van der Waals surface area contributed by atoms with Gasteiger partial charge in [0.1, 0.15) is 6.10 Å². The van der Waals surface area contributed by atoms with Gasteiger partial charge in [0.05, 0.1) is 0 Å². The van der Waals surface area contributed by atoms with Gasteiger partial charge in [-0.2, -0.15) is 0 Å². The minimum Gasteiger partial charge on any atom is -0.463 e. The highest BCUT2D eigenvalue weighted by atomic mass is 16.5. The standard InChI is InChI=1S/C17H26O2/c1-5-6-14-9-16-11(2)7-15(19-13(4)18)8-12(3)17(16)10-14/h5-6,11-12,15-17H,1,7-10H2,2-4H3. The highest BCUT2D eigenvalue weighted by Crippen LogP contribution is 2.49. The van der Waals surface area contributed by atoms with Crippen molar-refractivity contribution in [2.24, 2.45) is 23.7 Å². The number of hydrogen-bond donors (Lipinski definition) is 0. The van der Waals surface area contributed by atoms with Crippen LogP contribution in [-0.4, -0.2) is 12.1 Å². The fraction of sp³-hybridized carbons (Fsp3) is 0.706. The van der Waals surface area contributed by atoms with Crippen LogP contribution in [0.1, 0.15) is 46.5 Å². The van der Waals surface area contributed by atoms with Gasteiger partial charge in [0, 0.05) is 6.92 Å². The molecule has 2 fully saturated rings. The van der Waals surface area contributed by atoms with Crippen molar-refractivity contribution in [2.45, 2.75) is 52.6 Å². The van der Waals surface area contributed by atoms with Gasteiger partial charge in [0.15, 0.2) is 0 Å². The molecule has 0 N–H and O–H groups in total. The van der Waals surface area contributed by atoms with Gasteiger partial charge in [-0.3, -0.25) is 4.79 Å². The molecule has 4 atom stereocenters. The SMILES string of the molecule is C=CC=C1CC2C(C)CC(OC(C)=O)CC(C)C2C1. The Morgan fingerprint density at radius 2 is 1.74 bits per heavy atom. The van der Waals surface area contributed by atoms with Gasteiger partial charge in [-0.05, 0) is 49.4 Å². The van der Waals surface area contributed by atoms with Crippen molar-refractivity contribution < 1.29 is 9.53 Å². The maximum atomic E-state index is 11.2. The van der Waals surface area contributed by atoms with Crippen molar-refractivity contribution in [1.29, 1.82) is 0 Å². The predicted octanol–water partition coefficient (Wildman–Crippen LogP) is 4.12. The minimum atomic E-state index is -0.135. The molecule has 106 valence electrons. The van der Waals surface area contributed by atoms with Gasteiger partial charge in [-0.25, -0.2) is 0 Å². The maximum Gasteiger partial charge on any atom is 0.302 e. The zero-order valence-corrected chi connectivity index (χ0v) is 12.4. The summed E-state index contributed by atoms with van der Waals surface area (Å²) in [5.41, 5.74) is 1.55. The molecule has 19 heavy (non-hydrogen) atoms. The largest absolute Gasteiger partial charge is 0.463 e. The van der Waals surface area contributed by atoms with Crippen LogP contribution >= 0.6 is 0 Å². The van der Waals surface area contributed by atoms with E-state index < -0.39 is 0 Å². The van der Waals surface area contributed by atoms with Crippen molar-refractivity contribution in [3.8, 4) is 0 Å². The summed E-state index contributed by atoms with van der Waals surface area (Å²) in [6, 6.07) is 0. The van der Waals surface area contributed by atoms with E-state index in [1.807, 2.05) is 6.08 Å². The Morgan fingerprint density at radius 3 is 2.16 bits per heavy atom. The van der Waals surface area contributed by atoms with Gasteiger partial charge in [-0.15, -0.1) is 0 Å². The molecule has 0 aromatic carbocycles. The van der Waals surface area contributed by atoms with E-state index in [1.165, 1.54) is 19.8 Å². The van der Waals surface area contributed by atoms with Crippen LogP contribution in [0.25, 0.3) is 0 Å². The van der Waals surface area contributed by atoms with E-state index in [9.17, 15) is 4.79 Å². The van der Waals surface area contributed by atoms with Gasteiger partial charge in [-0.1, -0.05) is 38.2 Å². The van der Waals surface area contributed by atoms with Gasteiger partial charge < -0.3 is 4.74 Å². The molecule has 0 aromatic rings. The van der Waals surface area contributed by atoms with Crippen LogP contribution in [0.5, 0.6) is 0 Å². The Labute approximate surface area is 116 Å². The topological polar surface area (TPSA) is 26.3 Å². The third-order valence-electron chi connectivity index (χ3n) is 4.96. The summed E-state index contributed by atoms with van der Waals surface area (Å²) < 4.78 is 5.48. The normalized spacial score (nSPS) is 38.3. The number of carbonyl (C=O) groups excluding carboxylic acids is 1. The first-order valence-electron chi connectivity index (χ1n) is 7.49. The van der Waals surface area contributed by atoms with E-state index in [2.05, 4.69) is 26.5 Å². The van der Waals surface area contributed by atoms with Crippen molar-refractivity contribution in [3.63, 3.8) is 0 Å². The van der Waals surface area contributed by atoms with Crippen LogP contribution in [0, 0.1) is 23.7 Å². The van der Waals surface area contributed by atoms with E-state index in [0.717, 1.165) is 24.7 Å². The fourth-order valence-electron chi connectivity index (χ4n) is 4.15. The molecule has 2 aliphatic rings. The van der Waals surface area contributed by atoms with E-state index in [4.69, 9.17) is 4.74 Å². The highest BCUT2D eigenvalue weighted by molar-refractivity contribution is 5.66. The summed E-state index contributed by atoms with van der Waals surface area (Å²) in [4.78, 5) is 11.2. The molecule has 0 heterocycles. The maximum absolute atomic E-state index is 11.2. The zero-order chi connectivity index (χ0) is 14.0. The van der Waals surface area contributed by atoms with Crippen molar-refractivity contribution in [2.75, 3.05) is 0 Å². The molecule has 0 amide bonds. The van der Waals surface area contributed by atoms with Crippen LogP contribution in [-0.2, 0) is 9.53 Å². The molecule has 0 saturated heterocycles. The first kappa shape index (κ1) is 14.4. The van der Waals surface area contributed by atoms with E-state index in [-0.39, 0.29) is 12.1 Å². The molecular formula is C17H26O2. The molecule has 4 unspecified atom stereocenters. The smallest absolute Gasteiger partial charge is 0.302 e. The number of carbonyl (C=O) groups is 1. The average molecular weight is 262 g/mol. The zero-order valence-electron chi connectivity index (χ0n) is 12.4. The van der Waals surface area contributed by atoms with Crippen molar-refractivity contribution in [1.82, 2.24) is 0 Å². The van der Waals surface area contributed by atoms with Crippen LogP contribution in [0.4, 0.5) is 0 Å². The average Bonchev–Trinajstić information content (AvgIpc) is 2.68. The quantitative estimate of drug-likeness (QED) is 0.700. The van der Waals surface area contributed by atoms with E-state index >= 15 is 0 Å². The lowest BCUT2D eigenvalue weighted by molar-refractivity contribution is -0.147. The van der Waals surface area contributed by atoms with Crippen molar-refractivity contribution >= 4 is 5.97 Å². The lowest BCUT2D eigenvalue weighted by Crippen LogP contribution is -2.20. The number of fused-ring (bicyclic) bond motifs is 1. The van der Waals surface area contributed by atoms with E-state index in [0.29, 0.717) is 11.8 Å². The summed E-state index contributed by atoms with van der Waals surface area (Å²) in [7, 11) is 0. The molecule has 2 nitrogen and oxygen atoms in total. The summed E-state index contributed by atoms with van der Waals surface area (Å²) in [5, 5.41) is 0. The first-order chi connectivity index (χ1) is 9.01. The minimum absolute atomic E-state index is 0.125. The molecule has 0 aromatic heterocycles. The predicted molar refractivity (Wildman–Crippen MR) is 77.6 cm³/mol. The lowest BCUT2D eigenvalue weighted by atomic mass is 9.80. The molecule has 2 rings (SSSR count). The van der Waals surface area contributed by atoms with E-state index in [1.54, 1.807) is 5.57 Å². The van der Waals surface area contributed by atoms with Crippen molar-refractivity contribution in [3.05, 3.63) is 24.3 Å². The number of esters is 1. The molecule has 2 aliphatic carbocycles. The second-order valence-electron chi connectivity index (χ2n) is 6.45. The molecular weight excluding hydrogens is 236 g/mol.